The van der Waals surface area contributed by atoms with Gasteiger partial charge in [0.2, 0.25) is 0 Å². The first-order valence-electron chi connectivity index (χ1n) is 6.21. The van der Waals surface area contributed by atoms with Gasteiger partial charge in [-0.15, -0.1) is 0 Å². The Hall–Kier alpha value is -1.81. The van der Waals surface area contributed by atoms with Crippen molar-refractivity contribution in [3.05, 3.63) is 69.5 Å². The average Bonchev–Trinajstić information content (AvgIpc) is 2.37. The molecule has 1 atom stereocenters. The van der Waals surface area contributed by atoms with Crippen molar-refractivity contribution in [3.63, 3.8) is 0 Å². The van der Waals surface area contributed by atoms with E-state index in [1.165, 1.54) is 0 Å². The van der Waals surface area contributed by atoms with E-state index >= 15 is 0 Å². The minimum atomic E-state index is -1.33. The molecule has 2 rings (SSSR count). The molecule has 0 bridgehead atoms. The van der Waals surface area contributed by atoms with E-state index in [1.54, 1.807) is 13.0 Å². The zero-order valence-electron chi connectivity index (χ0n) is 11.5. The first-order chi connectivity index (χ1) is 9.31. The zero-order valence-corrected chi connectivity index (χ0v) is 11.5. The molecule has 20 heavy (non-hydrogen) atoms. The van der Waals surface area contributed by atoms with Gasteiger partial charge < -0.3 is 5.11 Å². The molecule has 0 aliphatic rings. The number of hydrogen-bond acceptors (Lipinski definition) is 1. The van der Waals surface area contributed by atoms with E-state index in [-0.39, 0.29) is 5.56 Å². The van der Waals surface area contributed by atoms with Gasteiger partial charge in [0.25, 0.3) is 0 Å². The van der Waals surface area contributed by atoms with E-state index in [2.05, 4.69) is 0 Å². The third-order valence-corrected chi connectivity index (χ3v) is 3.51. The number of hydrogen-bond donors (Lipinski definition) is 1. The molecule has 2 aromatic rings. The van der Waals surface area contributed by atoms with Crippen molar-refractivity contribution in [1.29, 1.82) is 0 Å². The maximum atomic E-state index is 13.7. The summed E-state index contributed by atoms with van der Waals surface area (Å²) < 4.78 is 39.9. The molecule has 0 radical (unpaired) electrons. The van der Waals surface area contributed by atoms with Crippen LogP contribution in [-0.2, 0) is 0 Å². The normalized spacial score (nSPS) is 12.6. The van der Waals surface area contributed by atoms with Crippen molar-refractivity contribution in [2.45, 2.75) is 26.9 Å². The van der Waals surface area contributed by atoms with Crippen LogP contribution in [-0.4, -0.2) is 5.11 Å². The van der Waals surface area contributed by atoms with Gasteiger partial charge in [0.1, 0.15) is 11.9 Å². The summed E-state index contributed by atoms with van der Waals surface area (Å²) in [6, 6.07) is 4.75. The smallest absolute Gasteiger partial charge is 0.161 e. The second-order valence-electron chi connectivity index (χ2n) is 4.98. The van der Waals surface area contributed by atoms with Crippen LogP contribution in [0.25, 0.3) is 0 Å². The largest absolute Gasteiger partial charge is 0.384 e. The molecule has 106 valence electrons. The highest BCUT2D eigenvalue weighted by molar-refractivity contribution is 5.41. The Morgan fingerprint density at radius 3 is 1.90 bits per heavy atom. The summed E-state index contributed by atoms with van der Waals surface area (Å²) in [6.07, 6.45) is -1.33. The quantitative estimate of drug-likeness (QED) is 0.821. The lowest BCUT2D eigenvalue weighted by atomic mass is 9.93. The summed E-state index contributed by atoms with van der Waals surface area (Å²) in [5, 5.41) is 10.3. The fourth-order valence-electron chi connectivity index (χ4n) is 2.19. The molecule has 0 heterocycles. The number of rotatable bonds is 2. The number of halogens is 3. The summed E-state index contributed by atoms with van der Waals surface area (Å²) >= 11 is 0. The van der Waals surface area contributed by atoms with Gasteiger partial charge in [0.15, 0.2) is 11.6 Å². The first kappa shape index (κ1) is 14.6. The van der Waals surface area contributed by atoms with Crippen LogP contribution in [0.5, 0.6) is 0 Å². The number of benzene rings is 2. The second kappa shape index (κ2) is 5.29. The monoisotopic (exact) mass is 280 g/mol. The molecule has 1 N–H and O–H groups in total. The molecule has 0 aliphatic heterocycles. The van der Waals surface area contributed by atoms with Gasteiger partial charge in [0, 0.05) is 11.6 Å². The summed E-state index contributed by atoms with van der Waals surface area (Å²) in [6.45, 7) is 5.58. The highest BCUT2D eigenvalue weighted by atomic mass is 19.2. The van der Waals surface area contributed by atoms with Gasteiger partial charge in [-0.3, -0.25) is 0 Å². The minimum Gasteiger partial charge on any atom is -0.384 e. The summed E-state index contributed by atoms with van der Waals surface area (Å²) in [4.78, 5) is 0. The molecule has 0 fully saturated rings. The number of aryl methyl sites for hydroxylation is 3. The Bertz CT molecular complexity index is 608. The lowest BCUT2D eigenvalue weighted by Crippen LogP contribution is -2.07. The van der Waals surface area contributed by atoms with Crippen LogP contribution in [0.15, 0.2) is 24.3 Å². The molecule has 0 saturated carbocycles. The topological polar surface area (TPSA) is 20.2 Å². The highest BCUT2D eigenvalue weighted by Gasteiger charge is 2.20. The Morgan fingerprint density at radius 1 is 0.700 bits per heavy atom. The SMILES string of the molecule is Cc1cc(C)c(C(O)c2cc(F)c(F)cc2F)cc1C. The predicted molar refractivity (Wildman–Crippen MR) is 71.0 cm³/mol. The first-order valence-corrected chi connectivity index (χ1v) is 6.21. The molecule has 1 unspecified atom stereocenters. The maximum Gasteiger partial charge on any atom is 0.161 e. The van der Waals surface area contributed by atoms with Crippen molar-refractivity contribution < 1.29 is 18.3 Å². The second-order valence-corrected chi connectivity index (χ2v) is 4.98. The summed E-state index contributed by atoms with van der Waals surface area (Å²) in [5.74, 6) is -3.41. The van der Waals surface area contributed by atoms with E-state index in [9.17, 15) is 18.3 Å². The fourth-order valence-corrected chi connectivity index (χ4v) is 2.19. The zero-order chi connectivity index (χ0) is 15.0. The summed E-state index contributed by atoms with van der Waals surface area (Å²) in [7, 11) is 0. The molecule has 0 aromatic heterocycles. The van der Waals surface area contributed by atoms with Crippen LogP contribution in [0.4, 0.5) is 13.2 Å². The Balaban J connectivity index is 2.54. The molecule has 0 aliphatic carbocycles. The molecular weight excluding hydrogens is 265 g/mol. The summed E-state index contributed by atoms with van der Waals surface area (Å²) in [5.41, 5.74) is 2.97. The van der Waals surface area contributed by atoms with E-state index in [0.29, 0.717) is 17.7 Å². The van der Waals surface area contributed by atoms with Crippen molar-refractivity contribution >= 4 is 0 Å². The third-order valence-electron chi connectivity index (χ3n) is 3.51. The van der Waals surface area contributed by atoms with Crippen molar-refractivity contribution in [2.75, 3.05) is 0 Å². The lowest BCUT2D eigenvalue weighted by molar-refractivity contribution is 0.213. The van der Waals surface area contributed by atoms with Gasteiger partial charge in [-0.05, 0) is 49.1 Å². The lowest BCUT2D eigenvalue weighted by Gasteiger charge is -2.17. The van der Waals surface area contributed by atoms with Crippen LogP contribution in [0.1, 0.15) is 33.9 Å². The molecule has 0 saturated heterocycles. The Morgan fingerprint density at radius 2 is 1.25 bits per heavy atom. The molecule has 0 amide bonds. The fraction of sp³-hybridized carbons (Fsp3) is 0.250. The average molecular weight is 280 g/mol. The third kappa shape index (κ3) is 2.56. The van der Waals surface area contributed by atoms with Gasteiger partial charge in [-0.25, -0.2) is 13.2 Å². The minimum absolute atomic E-state index is 0.268. The predicted octanol–water partition coefficient (Wildman–Crippen LogP) is 4.11. The van der Waals surface area contributed by atoms with Crippen molar-refractivity contribution in [3.8, 4) is 0 Å². The van der Waals surface area contributed by atoms with E-state index in [0.717, 1.165) is 16.7 Å². The van der Waals surface area contributed by atoms with Crippen LogP contribution in [0, 0.1) is 38.2 Å². The molecule has 2 aromatic carbocycles. The molecule has 1 nitrogen and oxygen atoms in total. The Labute approximate surface area is 115 Å². The standard InChI is InChI=1S/C16H15F3O/c1-8-4-10(3)11(5-9(8)2)16(20)12-6-14(18)15(19)7-13(12)17/h4-7,16,20H,1-3H3. The van der Waals surface area contributed by atoms with Crippen molar-refractivity contribution in [1.82, 2.24) is 0 Å². The maximum absolute atomic E-state index is 13.7. The van der Waals surface area contributed by atoms with E-state index in [4.69, 9.17) is 0 Å². The van der Waals surface area contributed by atoms with Crippen molar-refractivity contribution in [2.24, 2.45) is 0 Å². The molecular formula is C16H15F3O. The number of aliphatic hydroxyl groups is 1. The number of aliphatic hydroxyl groups excluding tert-OH is 1. The molecule has 4 heteroatoms. The Kier molecular flexibility index (Phi) is 3.86. The van der Waals surface area contributed by atoms with Gasteiger partial charge >= 0.3 is 0 Å². The van der Waals surface area contributed by atoms with Gasteiger partial charge in [0.05, 0.1) is 0 Å². The van der Waals surface area contributed by atoms with E-state index < -0.39 is 23.6 Å². The van der Waals surface area contributed by atoms with Gasteiger partial charge in [-0.1, -0.05) is 12.1 Å². The van der Waals surface area contributed by atoms with Crippen LogP contribution >= 0.6 is 0 Å². The highest BCUT2D eigenvalue weighted by Crippen LogP contribution is 2.29. The van der Waals surface area contributed by atoms with E-state index in [1.807, 2.05) is 19.9 Å². The van der Waals surface area contributed by atoms with Crippen LogP contribution in [0.3, 0.4) is 0 Å². The van der Waals surface area contributed by atoms with Gasteiger partial charge in [-0.2, -0.15) is 0 Å². The van der Waals surface area contributed by atoms with Crippen LogP contribution < -0.4 is 0 Å². The molecule has 0 spiro atoms. The van der Waals surface area contributed by atoms with Crippen LogP contribution in [0.2, 0.25) is 0 Å².